The van der Waals surface area contributed by atoms with Gasteiger partial charge < -0.3 is 5.73 Å². The predicted molar refractivity (Wildman–Crippen MR) is 67.9 cm³/mol. The van der Waals surface area contributed by atoms with Gasteiger partial charge in [0.1, 0.15) is 5.82 Å². The highest BCUT2D eigenvalue weighted by Gasteiger charge is 2.07. The van der Waals surface area contributed by atoms with E-state index in [1.54, 1.807) is 29.1 Å². The Hall–Kier alpha value is -1.94. The average molecular weight is 246 g/mol. The smallest absolute Gasteiger partial charge is 0.234 e. The van der Waals surface area contributed by atoms with Crippen LogP contribution in [0.1, 0.15) is 15.9 Å². The summed E-state index contributed by atoms with van der Waals surface area (Å²) in [6.07, 6.45) is 4.55. The molecule has 0 aliphatic carbocycles. The Morgan fingerprint density at radius 1 is 1.17 bits per heavy atom. The van der Waals surface area contributed by atoms with Crippen molar-refractivity contribution < 1.29 is 9.18 Å². The Balaban J connectivity index is 2.04. The van der Waals surface area contributed by atoms with Gasteiger partial charge in [-0.3, -0.25) is 9.36 Å². The minimum Gasteiger partial charge on any atom is -0.330 e. The maximum Gasteiger partial charge on any atom is 0.234 e. The molecule has 0 saturated carbocycles. The van der Waals surface area contributed by atoms with Gasteiger partial charge in [-0.25, -0.2) is 4.39 Å². The zero-order chi connectivity index (χ0) is 13.0. The number of halogens is 1. The first-order valence-electron chi connectivity index (χ1n) is 5.83. The van der Waals surface area contributed by atoms with E-state index < -0.39 is 0 Å². The van der Waals surface area contributed by atoms with E-state index in [0.717, 1.165) is 17.5 Å². The molecule has 1 aromatic carbocycles. The van der Waals surface area contributed by atoms with E-state index in [9.17, 15) is 9.18 Å². The Labute approximate surface area is 105 Å². The summed E-state index contributed by atoms with van der Waals surface area (Å²) in [6, 6.07) is 7.85. The van der Waals surface area contributed by atoms with Crippen molar-refractivity contribution in [3.8, 4) is 0 Å². The van der Waals surface area contributed by atoms with Crippen LogP contribution in [-0.2, 0) is 12.8 Å². The number of nitrogens with two attached hydrogens (primary N) is 1. The molecule has 3 nitrogen and oxygen atoms in total. The van der Waals surface area contributed by atoms with Crippen LogP contribution >= 0.6 is 0 Å². The summed E-state index contributed by atoms with van der Waals surface area (Å²) in [6.45, 7) is 0.566. The van der Waals surface area contributed by atoms with Gasteiger partial charge in [0.25, 0.3) is 0 Å². The normalized spacial score (nSPS) is 10.6. The zero-order valence-corrected chi connectivity index (χ0v) is 9.97. The van der Waals surface area contributed by atoms with E-state index in [4.69, 9.17) is 5.73 Å². The topological polar surface area (TPSA) is 48.0 Å². The second kappa shape index (κ2) is 5.60. The van der Waals surface area contributed by atoms with Crippen LogP contribution in [0.4, 0.5) is 4.39 Å². The molecule has 1 heterocycles. The molecule has 0 radical (unpaired) electrons. The molecule has 0 saturated heterocycles. The molecule has 0 spiro atoms. The second-order valence-electron chi connectivity index (χ2n) is 4.16. The standard InChI is InChI=1S/C14H15FN2O/c15-13-3-1-11(2-4-13)9-14(18)17-8-6-12(10-17)5-7-16/h1-4,6,8,10H,5,7,9,16H2. The van der Waals surface area contributed by atoms with Gasteiger partial charge in [0.2, 0.25) is 5.91 Å². The summed E-state index contributed by atoms with van der Waals surface area (Å²) in [4.78, 5) is 12.0. The number of aromatic nitrogens is 1. The van der Waals surface area contributed by atoms with Crippen molar-refractivity contribution in [2.24, 2.45) is 5.73 Å². The van der Waals surface area contributed by atoms with Crippen LogP contribution < -0.4 is 5.73 Å². The van der Waals surface area contributed by atoms with Crippen LogP contribution in [0.5, 0.6) is 0 Å². The van der Waals surface area contributed by atoms with Crippen molar-refractivity contribution in [3.05, 3.63) is 59.7 Å². The summed E-state index contributed by atoms with van der Waals surface area (Å²) in [5.41, 5.74) is 7.30. The first-order valence-corrected chi connectivity index (χ1v) is 5.83. The molecule has 0 atom stereocenters. The molecule has 4 heteroatoms. The minimum absolute atomic E-state index is 0.0371. The molecule has 0 fully saturated rings. The summed E-state index contributed by atoms with van der Waals surface area (Å²) in [5, 5.41) is 0. The monoisotopic (exact) mass is 246 g/mol. The second-order valence-corrected chi connectivity index (χ2v) is 4.16. The lowest BCUT2D eigenvalue weighted by atomic mass is 10.1. The molecule has 94 valence electrons. The van der Waals surface area contributed by atoms with E-state index in [-0.39, 0.29) is 18.1 Å². The average Bonchev–Trinajstić information content (AvgIpc) is 2.81. The first kappa shape index (κ1) is 12.5. The molecular weight excluding hydrogens is 231 g/mol. The third-order valence-electron chi connectivity index (χ3n) is 2.74. The molecule has 1 aromatic heterocycles. The molecule has 0 amide bonds. The Morgan fingerprint density at radius 3 is 2.56 bits per heavy atom. The largest absolute Gasteiger partial charge is 0.330 e. The van der Waals surface area contributed by atoms with Gasteiger partial charge in [-0.05, 0) is 42.3 Å². The highest BCUT2D eigenvalue weighted by atomic mass is 19.1. The van der Waals surface area contributed by atoms with Gasteiger partial charge in [0.15, 0.2) is 0 Å². The quantitative estimate of drug-likeness (QED) is 0.897. The van der Waals surface area contributed by atoms with Crippen LogP contribution in [0.3, 0.4) is 0 Å². The fraction of sp³-hybridized carbons (Fsp3) is 0.214. The Morgan fingerprint density at radius 2 is 1.89 bits per heavy atom. The van der Waals surface area contributed by atoms with Gasteiger partial charge in [0.05, 0.1) is 6.42 Å². The van der Waals surface area contributed by atoms with Crippen molar-refractivity contribution in [1.82, 2.24) is 4.57 Å². The zero-order valence-electron chi connectivity index (χ0n) is 9.97. The van der Waals surface area contributed by atoms with Gasteiger partial charge in [-0.15, -0.1) is 0 Å². The fourth-order valence-corrected chi connectivity index (χ4v) is 1.78. The Kier molecular flexibility index (Phi) is 3.89. The van der Waals surface area contributed by atoms with Crippen LogP contribution in [-0.4, -0.2) is 17.0 Å². The van der Waals surface area contributed by atoms with Gasteiger partial charge >= 0.3 is 0 Å². The SMILES string of the molecule is NCCc1ccn(C(=O)Cc2ccc(F)cc2)c1. The highest BCUT2D eigenvalue weighted by molar-refractivity contribution is 5.81. The van der Waals surface area contributed by atoms with Crippen LogP contribution in [0.2, 0.25) is 0 Å². The van der Waals surface area contributed by atoms with Crippen molar-refractivity contribution in [3.63, 3.8) is 0 Å². The van der Waals surface area contributed by atoms with Gasteiger partial charge in [-0.1, -0.05) is 12.1 Å². The summed E-state index contributed by atoms with van der Waals surface area (Å²) in [7, 11) is 0. The third-order valence-corrected chi connectivity index (χ3v) is 2.74. The highest BCUT2D eigenvalue weighted by Crippen LogP contribution is 2.07. The molecular formula is C14H15FN2O. The number of nitrogens with zero attached hydrogens (tertiary/aromatic N) is 1. The number of hydrogen-bond donors (Lipinski definition) is 1. The molecule has 0 unspecified atom stereocenters. The molecule has 2 aromatic rings. The van der Waals surface area contributed by atoms with E-state index in [1.165, 1.54) is 12.1 Å². The van der Waals surface area contributed by atoms with Gasteiger partial charge in [-0.2, -0.15) is 0 Å². The molecule has 18 heavy (non-hydrogen) atoms. The van der Waals surface area contributed by atoms with Crippen LogP contribution in [0.15, 0.2) is 42.7 Å². The van der Waals surface area contributed by atoms with Crippen molar-refractivity contribution in [1.29, 1.82) is 0 Å². The number of rotatable bonds is 4. The van der Waals surface area contributed by atoms with Crippen molar-refractivity contribution in [2.45, 2.75) is 12.8 Å². The maximum atomic E-state index is 12.7. The van der Waals surface area contributed by atoms with E-state index in [2.05, 4.69) is 0 Å². The fourth-order valence-electron chi connectivity index (χ4n) is 1.78. The van der Waals surface area contributed by atoms with E-state index in [1.807, 2.05) is 6.07 Å². The van der Waals surface area contributed by atoms with Crippen LogP contribution in [0.25, 0.3) is 0 Å². The summed E-state index contributed by atoms with van der Waals surface area (Å²) >= 11 is 0. The van der Waals surface area contributed by atoms with Gasteiger partial charge in [0, 0.05) is 12.4 Å². The predicted octanol–water partition coefficient (Wildman–Crippen LogP) is 2.01. The number of hydrogen-bond acceptors (Lipinski definition) is 2. The first-order chi connectivity index (χ1) is 8.69. The lowest BCUT2D eigenvalue weighted by Crippen LogP contribution is -2.11. The third kappa shape index (κ3) is 3.05. The maximum absolute atomic E-state index is 12.7. The van der Waals surface area contributed by atoms with E-state index in [0.29, 0.717) is 6.54 Å². The lowest BCUT2D eigenvalue weighted by Gasteiger charge is -2.02. The molecule has 2 rings (SSSR count). The molecule has 2 N–H and O–H groups in total. The number of carbonyl (C=O) groups excluding carboxylic acids is 1. The Bertz CT molecular complexity index is 531. The summed E-state index contributed by atoms with van der Waals surface area (Å²) < 4.78 is 14.3. The number of benzene rings is 1. The minimum atomic E-state index is -0.294. The summed E-state index contributed by atoms with van der Waals surface area (Å²) in [5.74, 6) is -0.331. The lowest BCUT2D eigenvalue weighted by molar-refractivity contribution is 0.0914. The molecule has 0 aliphatic rings. The van der Waals surface area contributed by atoms with Crippen molar-refractivity contribution >= 4 is 5.91 Å². The van der Waals surface area contributed by atoms with Crippen LogP contribution in [0, 0.1) is 5.82 Å². The van der Waals surface area contributed by atoms with Crippen molar-refractivity contribution in [2.75, 3.05) is 6.54 Å². The van der Waals surface area contributed by atoms with E-state index >= 15 is 0 Å². The number of carbonyl (C=O) groups is 1. The molecule has 0 aliphatic heterocycles. The molecule has 0 bridgehead atoms.